The van der Waals surface area contributed by atoms with Crippen LogP contribution in [0, 0.1) is 17.8 Å². The summed E-state index contributed by atoms with van der Waals surface area (Å²) in [6.07, 6.45) is 3.95. The lowest BCUT2D eigenvalue weighted by Crippen LogP contribution is -2.37. The molecule has 1 saturated carbocycles. The second-order valence-electron chi connectivity index (χ2n) is 6.11. The van der Waals surface area contributed by atoms with Gasteiger partial charge in [-0.05, 0) is 55.2 Å². The summed E-state index contributed by atoms with van der Waals surface area (Å²) in [4.78, 5) is 1.22. The first-order valence-electron chi connectivity index (χ1n) is 7.18. The molecule has 3 unspecified atom stereocenters. The summed E-state index contributed by atoms with van der Waals surface area (Å²) < 4.78 is 0. The van der Waals surface area contributed by atoms with Gasteiger partial charge in [0.25, 0.3) is 0 Å². The molecule has 19 heavy (non-hydrogen) atoms. The predicted octanol–water partition coefficient (Wildman–Crippen LogP) is 4.83. The first kappa shape index (κ1) is 15.2. The average Bonchev–Trinajstić information content (AvgIpc) is 2.35. The number of rotatable bonds is 4. The lowest BCUT2D eigenvalue weighted by molar-refractivity contribution is 0.200. The molecular formula is C16H24ClNS. The summed E-state index contributed by atoms with van der Waals surface area (Å²) >= 11 is 7.83. The normalized spacial score (nSPS) is 29.2. The minimum Gasteiger partial charge on any atom is -0.327 e. The Hall–Kier alpha value is -0.180. The van der Waals surface area contributed by atoms with Crippen LogP contribution in [0.4, 0.5) is 0 Å². The van der Waals surface area contributed by atoms with Crippen LogP contribution in [0.15, 0.2) is 29.2 Å². The largest absolute Gasteiger partial charge is 0.327 e. The van der Waals surface area contributed by atoms with Gasteiger partial charge in [0, 0.05) is 21.7 Å². The maximum Gasteiger partial charge on any atom is 0.0417 e. The van der Waals surface area contributed by atoms with E-state index in [1.807, 2.05) is 30.0 Å². The van der Waals surface area contributed by atoms with E-state index in [9.17, 15) is 0 Å². The van der Waals surface area contributed by atoms with Gasteiger partial charge < -0.3 is 5.73 Å². The highest BCUT2D eigenvalue weighted by Gasteiger charge is 2.28. The Kier molecular flexibility index (Phi) is 5.61. The van der Waals surface area contributed by atoms with Crippen molar-refractivity contribution in [2.24, 2.45) is 23.5 Å². The highest BCUT2D eigenvalue weighted by Crippen LogP contribution is 2.35. The minimum absolute atomic E-state index is 0.300. The zero-order chi connectivity index (χ0) is 13.8. The van der Waals surface area contributed by atoms with E-state index in [1.54, 1.807) is 0 Å². The third-order valence-corrected chi connectivity index (χ3v) is 5.43. The Balaban J connectivity index is 1.85. The van der Waals surface area contributed by atoms with E-state index in [0.29, 0.717) is 12.0 Å². The van der Waals surface area contributed by atoms with Gasteiger partial charge in [-0.1, -0.05) is 31.5 Å². The SMILES string of the molecule is CC1CC(C)CC(C(N)CSc2cccc(Cl)c2)C1. The van der Waals surface area contributed by atoms with Crippen LogP contribution in [0.2, 0.25) is 5.02 Å². The summed E-state index contributed by atoms with van der Waals surface area (Å²) in [7, 11) is 0. The van der Waals surface area contributed by atoms with E-state index in [-0.39, 0.29) is 0 Å². The number of nitrogens with two attached hydrogens (primary N) is 1. The molecule has 0 aliphatic heterocycles. The summed E-state index contributed by atoms with van der Waals surface area (Å²) in [6, 6.07) is 8.34. The molecule has 1 aliphatic rings. The van der Waals surface area contributed by atoms with Crippen LogP contribution in [0.1, 0.15) is 33.1 Å². The van der Waals surface area contributed by atoms with Gasteiger partial charge in [0.05, 0.1) is 0 Å². The standard InChI is InChI=1S/C16H24ClNS/c1-11-6-12(2)8-13(7-11)16(18)10-19-15-5-3-4-14(17)9-15/h3-5,9,11-13,16H,6-8,10,18H2,1-2H3. The van der Waals surface area contributed by atoms with Gasteiger partial charge >= 0.3 is 0 Å². The molecule has 2 rings (SSSR count). The molecule has 1 fully saturated rings. The Morgan fingerprint density at radius 3 is 2.58 bits per heavy atom. The quantitative estimate of drug-likeness (QED) is 0.805. The Morgan fingerprint density at radius 2 is 1.95 bits per heavy atom. The molecule has 0 saturated heterocycles. The molecule has 0 spiro atoms. The van der Waals surface area contributed by atoms with Crippen LogP contribution in [0.25, 0.3) is 0 Å². The molecular weight excluding hydrogens is 274 g/mol. The smallest absolute Gasteiger partial charge is 0.0417 e. The number of benzene rings is 1. The van der Waals surface area contributed by atoms with Gasteiger partial charge in [-0.2, -0.15) is 0 Å². The van der Waals surface area contributed by atoms with E-state index in [4.69, 9.17) is 17.3 Å². The highest BCUT2D eigenvalue weighted by atomic mass is 35.5. The zero-order valence-electron chi connectivity index (χ0n) is 11.8. The summed E-state index contributed by atoms with van der Waals surface area (Å²) in [5.74, 6) is 3.34. The van der Waals surface area contributed by atoms with Crippen molar-refractivity contribution in [3.8, 4) is 0 Å². The van der Waals surface area contributed by atoms with Gasteiger partial charge in [0.2, 0.25) is 0 Å². The first-order chi connectivity index (χ1) is 9.04. The fraction of sp³-hybridized carbons (Fsp3) is 0.625. The molecule has 3 heteroatoms. The van der Waals surface area contributed by atoms with E-state index >= 15 is 0 Å². The Morgan fingerprint density at radius 1 is 1.26 bits per heavy atom. The molecule has 1 nitrogen and oxygen atoms in total. The first-order valence-corrected chi connectivity index (χ1v) is 8.55. The van der Waals surface area contributed by atoms with Crippen LogP contribution in [0.3, 0.4) is 0 Å². The number of hydrogen-bond donors (Lipinski definition) is 1. The number of thioether (sulfide) groups is 1. The lowest BCUT2D eigenvalue weighted by Gasteiger charge is -2.34. The molecule has 1 aliphatic carbocycles. The number of halogens is 1. The van der Waals surface area contributed by atoms with E-state index in [0.717, 1.165) is 22.6 Å². The molecule has 1 aromatic rings. The molecule has 0 heterocycles. The van der Waals surface area contributed by atoms with E-state index < -0.39 is 0 Å². The Labute approximate surface area is 126 Å². The monoisotopic (exact) mass is 297 g/mol. The summed E-state index contributed by atoms with van der Waals surface area (Å²) in [6.45, 7) is 4.72. The fourth-order valence-corrected chi connectivity index (χ4v) is 4.54. The molecule has 1 aromatic carbocycles. The predicted molar refractivity (Wildman–Crippen MR) is 85.8 cm³/mol. The van der Waals surface area contributed by atoms with Crippen molar-refractivity contribution in [2.75, 3.05) is 5.75 Å². The molecule has 0 radical (unpaired) electrons. The molecule has 106 valence electrons. The third-order valence-electron chi connectivity index (χ3n) is 4.06. The molecule has 0 bridgehead atoms. The third kappa shape index (κ3) is 4.70. The van der Waals surface area contributed by atoms with Crippen molar-refractivity contribution < 1.29 is 0 Å². The van der Waals surface area contributed by atoms with Crippen LogP contribution in [-0.2, 0) is 0 Å². The summed E-state index contributed by atoms with van der Waals surface area (Å²) in [5.41, 5.74) is 6.40. The average molecular weight is 298 g/mol. The van der Waals surface area contributed by atoms with Crippen LogP contribution in [-0.4, -0.2) is 11.8 Å². The van der Waals surface area contributed by atoms with Crippen LogP contribution < -0.4 is 5.73 Å². The second-order valence-corrected chi connectivity index (χ2v) is 7.64. The second kappa shape index (κ2) is 7.01. The maximum absolute atomic E-state index is 6.40. The van der Waals surface area contributed by atoms with Crippen molar-refractivity contribution in [3.05, 3.63) is 29.3 Å². The van der Waals surface area contributed by atoms with Crippen molar-refractivity contribution in [2.45, 2.75) is 44.0 Å². The van der Waals surface area contributed by atoms with Crippen molar-refractivity contribution >= 4 is 23.4 Å². The van der Waals surface area contributed by atoms with Crippen molar-refractivity contribution in [1.29, 1.82) is 0 Å². The lowest BCUT2D eigenvalue weighted by atomic mass is 9.74. The molecule has 2 N–H and O–H groups in total. The van der Waals surface area contributed by atoms with Crippen LogP contribution >= 0.6 is 23.4 Å². The van der Waals surface area contributed by atoms with E-state index in [2.05, 4.69) is 19.9 Å². The molecule has 3 atom stereocenters. The van der Waals surface area contributed by atoms with Gasteiger partial charge in [-0.25, -0.2) is 0 Å². The van der Waals surface area contributed by atoms with Crippen molar-refractivity contribution in [1.82, 2.24) is 0 Å². The molecule has 0 amide bonds. The van der Waals surface area contributed by atoms with Crippen LogP contribution in [0.5, 0.6) is 0 Å². The van der Waals surface area contributed by atoms with Gasteiger partial charge in [0.1, 0.15) is 0 Å². The summed E-state index contributed by atoms with van der Waals surface area (Å²) in [5, 5.41) is 0.804. The molecule has 0 aromatic heterocycles. The van der Waals surface area contributed by atoms with Crippen molar-refractivity contribution in [3.63, 3.8) is 0 Å². The fourth-order valence-electron chi connectivity index (χ4n) is 3.24. The minimum atomic E-state index is 0.300. The van der Waals surface area contributed by atoms with E-state index in [1.165, 1.54) is 24.2 Å². The number of hydrogen-bond acceptors (Lipinski definition) is 2. The Bertz CT molecular complexity index is 399. The van der Waals surface area contributed by atoms with Gasteiger partial charge in [-0.3, -0.25) is 0 Å². The topological polar surface area (TPSA) is 26.0 Å². The van der Waals surface area contributed by atoms with Gasteiger partial charge in [-0.15, -0.1) is 11.8 Å². The maximum atomic E-state index is 6.40. The highest BCUT2D eigenvalue weighted by molar-refractivity contribution is 7.99. The zero-order valence-corrected chi connectivity index (χ0v) is 13.4. The van der Waals surface area contributed by atoms with Gasteiger partial charge in [0.15, 0.2) is 0 Å².